The van der Waals surface area contributed by atoms with E-state index in [-0.39, 0.29) is 12.6 Å². The summed E-state index contributed by atoms with van der Waals surface area (Å²) in [5.74, 6) is 0. The van der Waals surface area contributed by atoms with E-state index in [9.17, 15) is 8.42 Å². The van der Waals surface area contributed by atoms with Gasteiger partial charge in [0.1, 0.15) is 0 Å². The number of nitrogens with zero attached hydrogens (tertiary/aromatic N) is 1. The number of hydrogen-bond acceptors (Lipinski definition) is 4. The van der Waals surface area contributed by atoms with Crippen LogP contribution in [0.5, 0.6) is 0 Å². The summed E-state index contributed by atoms with van der Waals surface area (Å²) in [6.07, 6.45) is 0.749. The molecule has 6 heteroatoms. The molecule has 1 rings (SSSR count). The van der Waals surface area contributed by atoms with Crippen LogP contribution in [0.4, 0.5) is 0 Å². The lowest BCUT2D eigenvalue weighted by molar-refractivity contribution is 0.198. The molecule has 2 N–H and O–H groups in total. The Bertz CT molecular complexity index is 278. The van der Waals surface area contributed by atoms with Crippen molar-refractivity contribution in [2.24, 2.45) is 5.73 Å². The van der Waals surface area contributed by atoms with E-state index in [4.69, 9.17) is 10.5 Å². The maximum Gasteiger partial charge on any atom is 0.219 e. The van der Waals surface area contributed by atoms with Gasteiger partial charge in [0.2, 0.25) is 10.0 Å². The fraction of sp³-hybridized carbons (Fsp3) is 1.00. The summed E-state index contributed by atoms with van der Waals surface area (Å²) in [5, 5.41) is -0.488. The number of methoxy groups -OCH3 is 1. The third kappa shape index (κ3) is 2.44. The number of ether oxygens (including phenoxy) is 1. The Hall–Kier alpha value is -0.170. The summed E-state index contributed by atoms with van der Waals surface area (Å²) < 4.78 is 30.0. The van der Waals surface area contributed by atoms with Gasteiger partial charge in [0.25, 0.3) is 0 Å². The molecular formula is C8H18N2O3S. The lowest BCUT2D eigenvalue weighted by atomic mass is 10.3. The first-order chi connectivity index (χ1) is 6.48. The Balaban J connectivity index is 2.65. The zero-order valence-corrected chi connectivity index (χ0v) is 9.46. The fourth-order valence-corrected chi connectivity index (χ4v) is 3.14. The molecular weight excluding hydrogens is 204 g/mol. The van der Waals surface area contributed by atoms with E-state index < -0.39 is 15.3 Å². The van der Waals surface area contributed by atoms with Crippen molar-refractivity contribution in [2.45, 2.75) is 24.6 Å². The van der Waals surface area contributed by atoms with E-state index in [0.29, 0.717) is 13.1 Å². The molecule has 84 valence electrons. The normalized spacial score (nSPS) is 26.6. The van der Waals surface area contributed by atoms with Gasteiger partial charge >= 0.3 is 0 Å². The minimum Gasteiger partial charge on any atom is -0.383 e. The molecule has 0 aromatic heterocycles. The third-order valence-electron chi connectivity index (χ3n) is 2.46. The quantitative estimate of drug-likeness (QED) is 0.688. The fourth-order valence-electron chi connectivity index (χ4n) is 1.56. The molecule has 1 aliphatic rings. The maximum absolute atomic E-state index is 11.9. The smallest absolute Gasteiger partial charge is 0.219 e. The Labute approximate surface area is 85.3 Å². The van der Waals surface area contributed by atoms with Crippen LogP contribution in [0.1, 0.15) is 13.3 Å². The van der Waals surface area contributed by atoms with Gasteiger partial charge in [0, 0.05) is 26.2 Å². The summed E-state index contributed by atoms with van der Waals surface area (Å²) in [6.45, 7) is 2.87. The monoisotopic (exact) mass is 222 g/mol. The Morgan fingerprint density at radius 2 is 2.29 bits per heavy atom. The highest BCUT2D eigenvalue weighted by atomic mass is 32.2. The van der Waals surface area contributed by atoms with Crippen molar-refractivity contribution in [2.75, 3.05) is 26.8 Å². The average molecular weight is 222 g/mol. The van der Waals surface area contributed by atoms with E-state index in [2.05, 4.69) is 0 Å². The van der Waals surface area contributed by atoms with Crippen LogP contribution in [0.25, 0.3) is 0 Å². The molecule has 0 saturated carbocycles. The minimum absolute atomic E-state index is 0.0143. The van der Waals surface area contributed by atoms with E-state index in [0.717, 1.165) is 6.42 Å². The van der Waals surface area contributed by atoms with Gasteiger partial charge in [-0.05, 0) is 13.3 Å². The van der Waals surface area contributed by atoms with Crippen LogP contribution in [-0.2, 0) is 14.8 Å². The third-order valence-corrected chi connectivity index (χ3v) is 4.66. The lowest BCUT2D eigenvalue weighted by Gasteiger charge is -2.20. The topological polar surface area (TPSA) is 72.6 Å². The Morgan fingerprint density at radius 1 is 1.64 bits per heavy atom. The van der Waals surface area contributed by atoms with Crippen LogP contribution in [0.3, 0.4) is 0 Å². The van der Waals surface area contributed by atoms with Gasteiger partial charge < -0.3 is 10.5 Å². The number of sulfonamides is 1. The largest absolute Gasteiger partial charge is 0.383 e. The zero-order valence-electron chi connectivity index (χ0n) is 8.64. The standard InChI is InChI=1S/C8H18N2O3S/c1-7(6-13-2)14(11,12)10-4-3-8(9)5-10/h7-8H,3-6,9H2,1-2H3. The van der Waals surface area contributed by atoms with Gasteiger partial charge in [-0.25, -0.2) is 12.7 Å². The van der Waals surface area contributed by atoms with Crippen LogP contribution in [0, 0.1) is 0 Å². The van der Waals surface area contributed by atoms with Crippen molar-refractivity contribution in [1.29, 1.82) is 0 Å². The molecule has 0 radical (unpaired) electrons. The van der Waals surface area contributed by atoms with Crippen LogP contribution in [0.15, 0.2) is 0 Å². The molecule has 2 atom stereocenters. The zero-order chi connectivity index (χ0) is 10.8. The highest BCUT2D eigenvalue weighted by Gasteiger charge is 2.33. The predicted octanol–water partition coefficient (Wildman–Crippen LogP) is -0.616. The molecule has 1 aliphatic heterocycles. The molecule has 0 aromatic rings. The highest BCUT2D eigenvalue weighted by molar-refractivity contribution is 7.89. The molecule has 1 heterocycles. The van der Waals surface area contributed by atoms with Crippen molar-refractivity contribution < 1.29 is 13.2 Å². The second kappa shape index (κ2) is 4.57. The molecule has 0 amide bonds. The van der Waals surface area contributed by atoms with E-state index in [1.807, 2.05) is 0 Å². The minimum atomic E-state index is -3.21. The van der Waals surface area contributed by atoms with Crippen LogP contribution in [0.2, 0.25) is 0 Å². The Morgan fingerprint density at radius 3 is 2.71 bits per heavy atom. The van der Waals surface area contributed by atoms with Crippen LogP contribution < -0.4 is 5.73 Å². The van der Waals surface area contributed by atoms with Gasteiger partial charge in [-0.1, -0.05) is 0 Å². The van der Waals surface area contributed by atoms with Gasteiger partial charge in [0.15, 0.2) is 0 Å². The molecule has 5 nitrogen and oxygen atoms in total. The molecule has 1 fully saturated rings. The molecule has 1 saturated heterocycles. The predicted molar refractivity (Wildman–Crippen MR) is 54.4 cm³/mol. The molecule has 0 spiro atoms. The van der Waals surface area contributed by atoms with Crippen molar-refractivity contribution in [3.63, 3.8) is 0 Å². The summed E-state index contributed by atoms with van der Waals surface area (Å²) >= 11 is 0. The lowest BCUT2D eigenvalue weighted by Crippen LogP contribution is -2.39. The van der Waals surface area contributed by atoms with E-state index in [1.54, 1.807) is 6.92 Å². The summed E-state index contributed by atoms with van der Waals surface area (Å²) in [4.78, 5) is 0. The number of rotatable bonds is 4. The van der Waals surface area contributed by atoms with Gasteiger partial charge in [-0.15, -0.1) is 0 Å². The molecule has 2 unspecified atom stereocenters. The van der Waals surface area contributed by atoms with Gasteiger partial charge in [-0.3, -0.25) is 0 Å². The molecule has 0 aromatic carbocycles. The van der Waals surface area contributed by atoms with Gasteiger partial charge in [0.05, 0.1) is 11.9 Å². The van der Waals surface area contributed by atoms with Crippen molar-refractivity contribution >= 4 is 10.0 Å². The van der Waals surface area contributed by atoms with Crippen molar-refractivity contribution in [3.8, 4) is 0 Å². The van der Waals surface area contributed by atoms with Crippen LogP contribution in [-0.4, -0.2) is 50.8 Å². The summed E-state index contributed by atoms with van der Waals surface area (Å²) in [5.41, 5.74) is 5.66. The highest BCUT2D eigenvalue weighted by Crippen LogP contribution is 2.16. The number of hydrogen-bond donors (Lipinski definition) is 1. The summed E-state index contributed by atoms with van der Waals surface area (Å²) in [6, 6.07) is -0.0143. The maximum atomic E-state index is 11.9. The van der Waals surface area contributed by atoms with E-state index in [1.165, 1.54) is 11.4 Å². The van der Waals surface area contributed by atoms with Crippen molar-refractivity contribution in [3.05, 3.63) is 0 Å². The Kier molecular flexibility index (Phi) is 3.88. The first kappa shape index (κ1) is 11.9. The second-order valence-electron chi connectivity index (χ2n) is 3.72. The van der Waals surface area contributed by atoms with E-state index >= 15 is 0 Å². The SMILES string of the molecule is COCC(C)S(=O)(=O)N1CCC(N)C1. The first-order valence-electron chi connectivity index (χ1n) is 4.72. The second-order valence-corrected chi connectivity index (χ2v) is 6.07. The molecule has 0 aliphatic carbocycles. The van der Waals surface area contributed by atoms with Gasteiger partial charge in [-0.2, -0.15) is 0 Å². The van der Waals surface area contributed by atoms with Crippen LogP contribution >= 0.6 is 0 Å². The number of nitrogens with two attached hydrogens (primary N) is 1. The first-order valence-corrected chi connectivity index (χ1v) is 6.22. The summed E-state index contributed by atoms with van der Waals surface area (Å²) in [7, 11) is -1.70. The van der Waals surface area contributed by atoms with Crippen molar-refractivity contribution in [1.82, 2.24) is 4.31 Å². The average Bonchev–Trinajstić information content (AvgIpc) is 2.52. The molecule has 14 heavy (non-hydrogen) atoms. The molecule has 0 bridgehead atoms.